The molecule has 0 unspecified atom stereocenters. The van der Waals surface area contributed by atoms with E-state index in [2.05, 4.69) is 10.3 Å². The van der Waals surface area contributed by atoms with Gasteiger partial charge in [0, 0.05) is 47.0 Å². The summed E-state index contributed by atoms with van der Waals surface area (Å²) in [6, 6.07) is 17.1. The number of hydrogen-bond donors (Lipinski definition) is 2. The molecule has 35 heavy (non-hydrogen) atoms. The molecule has 2 heterocycles. The fraction of sp³-hybridized carbons (Fsp3) is 0.276. The van der Waals surface area contributed by atoms with Crippen molar-refractivity contribution in [3.8, 4) is 5.69 Å². The number of aromatic amines is 1. The molecule has 6 nitrogen and oxygen atoms in total. The Labute approximate surface area is 204 Å². The second-order valence-corrected chi connectivity index (χ2v) is 10.2. The number of rotatable bonds is 5. The van der Waals surface area contributed by atoms with Gasteiger partial charge in [-0.15, -0.1) is 0 Å². The Balaban J connectivity index is 1.49. The van der Waals surface area contributed by atoms with Gasteiger partial charge in [0.1, 0.15) is 5.56 Å². The molecule has 0 atom stereocenters. The van der Waals surface area contributed by atoms with Crippen LogP contribution in [0.2, 0.25) is 0 Å². The minimum absolute atomic E-state index is 0.00342. The van der Waals surface area contributed by atoms with Gasteiger partial charge in [-0.25, -0.2) is 0 Å². The van der Waals surface area contributed by atoms with Crippen molar-refractivity contribution in [2.24, 2.45) is 5.41 Å². The second kappa shape index (κ2) is 8.69. The van der Waals surface area contributed by atoms with Gasteiger partial charge in [-0.1, -0.05) is 49.7 Å². The van der Waals surface area contributed by atoms with Crippen LogP contribution in [-0.2, 0) is 12.8 Å². The zero-order valence-corrected chi connectivity index (χ0v) is 20.3. The molecule has 0 bridgehead atoms. The highest BCUT2D eigenvalue weighted by Crippen LogP contribution is 2.35. The Bertz CT molecular complexity index is 1510. The van der Waals surface area contributed by atoms with E-state index in [1.165, 1.54) is 6.07 Å². The van der Waals surface area contributed by atoms with Gasteiger partial charge in [0.25, 0.3) is 11.5 Å². The Morgan fingerprint density at radius 2 is 1.80 bits per heavy atom. The van der Waals surface area contributed by atoms with Crippen LogP contribution in [0.15, 0.2) is 65.6 Å². The molecule has 5 rings (SSSR count). The van der Waals surface area contributed by atoms with E-state index in [-0.39, 0.29) is 16.8 Å². The summed E-state index contributed by atoms with van der Waals surface area (Å²) in [6.07, 6.45) is 3.54. The number of Topliss-reactive ketones (excluding diaryl/α,β-unsaturated/α-hetero) is 1. The third-order valence-corrected chi connectivity index (χ3v) is 6.78. The van der Waals surface area contributed by atoms with Crippen LogP contribution in [0.3, 0.4) is 0 Å². The first-order valence-electron chi connectivity index (χ1n) is 12.0. The number of para-hydroxylation sites is 1. The molecule has 1 amide bonds. The maximum absolute atomic E-state index is 13.6. The maximum Gasteiger partial charge on any atom is 0.268 e. The normalized spacial score (nSPS) is 14.7. The van der Waals surface area contributed by atoms with Crippen molar-refractivity contribution < 1.29 is 9.59 Å². The summed E-state index contributed by atoms with van der Waals surface area (Å²) in [4.78, 5) is 43.1. The number of aryl methyl sites for hydroxylation is 1. The number of hydrogen-bond acceptors (Lipinski definition) is 3. The van der Waals surface area contributed by atoms with Crippen LogP contribution in [-0.4, -0.2) is 27.8 Å². The van der Waals surface area contributed by atoms with Gasteiger partial charge in [-0.3, -0.25) is 19.0 Å². The van der Waals surface area contributed by atoms with E-state index in [4.69, 9.17) is 0 Å². The van der Waals surface area contributed by atoms with Gasteiger partial charge in [0.05, 0.1) is 0 Å². The monoisotopic (exact) mass is 467 g/mol. The van der Waals surface area contributed by atoms with Gasteiger partial charge < -0.3 is 10.3 Å². The average molecular weight is 468 g/mol. The molecule has 2 aromatic heterocycles. The number of fused-ring (bicyclic) bond motifs is 2. The molecule has 0 spiro atoms. The van der Waals surface area contributed by atoms with Gasteiger partial charge in [-0.05, 0) is 55.0 Å². The summed E-state index contributed by atoms with van der Waals surface area (Å²) < 4.78 is 1.56. The van der Waals surface area contributed by atoms with E-state index in [1.807, 2.05) is 75.5 Å². The number of ketones is 1. The highest BCUT2D eigenvalue weighted by atomic mass is 16.2. The van der Waals surface area contributed by atoms with E-state index in [9.17, 15) is 14.4 Å². The number of nitrogens with one attached hydrogen (secondary N) is 2. The number of amides is 1. The minimum Gasteiger partial charge on any atom is -0.361 e. The molecule has 0 radical (unpaired) electrons. The predicted octanol–water partition coefficient (Wildman–Crippen LogP) is 4.75. The van der Waals surface area contributed by atoms with Crippen LogP contribution in [0.5, 0.6) is 0 Å². The van der Waals surface area contributed by atoms with Crippen molar-refractivity contribution >= 4 is 22.6 Å². The third kappa shape index (κ3) is 4.32. The number of aromatic nitrogens is 2. The molecular weight excluding hydrogens is 438 g/mol. The van der Waals surface area contributed by atoms with Crippen molar-refractivity contribution in [1.29, 1.82) is 0 Å². The Kier molecular flexibility index (Phi) is 5.67. The van der Waals surface area contributed by atoms with Crippen LogP contribution in [0.1, 0.15) is 57.8 Å². The smallest absolute Gasteiger partial charge is 0.268 e. The average Bonchev–Trinajstić information content (AvgIpc) is 3.22. The van der Waals surface area contributed by atoms with Crippen LogP contribution in [0, 0.1) is 12.3 Å². The molecule has 0 saturated heterocycles. The molecule has 4 aromatic rings. The quantitative estimate of drug-likeness (QED) is 0.444. The van der Waals surface area contributed by atoms with E-state index >= 15 is 0 Å². The topological polar surface area (TPSA) is 84.0 Å². The molecule has 2 aromatic carbocycles. The van der Waals surface area contributed by atoms with Crippen LogP contribution >= 0.6 is 0 Å². The Morgan fingerprint density at radius 1 is 1.06 bits per heavy atom. The summed E-state index contributed by atoms with van der Waals surface area (Å²) in [5.41, 5.74) is 4.35. The highest BCUT2D eigenvalue weighted by molar-refractivity contribution is 6.02. The number of pyridine rings is 1. The molecule has 6 heteroatoms. The predicted molar refractivity (Wildman–Crippen MR) is 138 cm³/mol. The van der Waals surface area contributed by atoms with E-state index in [0.717, 1.165) is 22.0 Å². The number of carbonyl (C=O) groups is 2. The lowest BCUT2D eigenvalue weighted by Crippen LogP contribution is -2.39. The zero-order chi connectivity index (χ0) is 24.7. The molecule has 0 aliphatic heterocycles. The fourth-order valence-corrected chi connectivity index (χ4v) is 4.99. The molecule has 1 aliphatic rings. The summed E-state index contributed by atoms with van der Waals surface area (Å²) in [6.45, 7) is 6.42. The largest absolute Gasteiger partial charge is 0.361 e. The number of nitrogens with zero attached hydrogens (tertiary/aromatic N) is 1. The van der Waals surface area contributed by atoms with Gasteiger partial charge in [0.15, 0.2) is 5.78 Å². The summed E-state index contributed by atoms with van der Waals surface area (Å²) in [5, 5.41) is 4.01. The Hall–Kier alpha value is -3.93. The lowest BCUT2D eigenvalue weighted by atomic mass is 9.75. The minimum atomic E-state index is -0.462. The molecule has 0 saturated carbocycles. The van der Waals surface area contributed by atoms with Gasteiger partial charge in [0.2, 0.25) is 0 Å². The first-order chi connectivity index (χ1) is 16.7. The standard InChI is InChI=1S/C29H29N3O3/c1-18-8-10-20(11-9-18)32-25-15-29(2,3)16-26(33)22(25)14-23(28(32)35)27(34)30-13-12-19-17-31-24-7-5-4-6-21(19)24/h4-11,14,17,31H,12-13,15-16H2,1-3H3,(H,30,34). The summed E-state index contributed by atoms with van der Waals surface area (Å²) in [5.74, 6) is -0.499. The van der Waals surface area contributed by atoms with Crippen LogP contribution in [0.25, 0.3) is 16.6 Å². The zero-order valence-electron chi connectivity index (χ0n) is 20.3. The van der Waals surface area contributed by atoms with Crippen molar-refractivity contribution in [3.05, 3.63) is 99.1 Å². The maximum atomic E-state index is 13.6. The Morgan fingerprint density at radius 3 is 2.57 bits per heavy atom. The van der Waals surface area contributed by atoms with Gasteiger partial charge in [-0.2, -0.15) is 0 Å². The lowest BCUT2D eigenvalue weighted by Gasteiger charge is -2.32. The lowest BCUT2D eigenvalue weighted by molar-refractivity contribution is 0.0908. The summed E-state index contributed by atoms with van der Waals surface area (Å²) in [7, 11) is 0. The SMILES string of the molecule is Cc1ccc(-n2c3c(cc(C(=O)NCCc4c[nH]c5ccccc45)c2=O)C(=O)CC(C)(C)C3)cc1. The van der Waals surface area contributed by atoms with Crippen molar-refractivity contribution in [2.45, 2.75) is 40.0 Å². The van der Waals surface area contributed by atoms with Crippen LogP contribution in [0.4, 0.5) is 0 Å². The van der Waals surface area contributed by atoms with Gasteiger partial charge >= 0.3 is 0 Å². The molecule has 1 aliphatic carbocycles. The number of H-pyrrole nitrogens is 1. The number of carbonyl (C=O) groups excluding carboxylic acids is 2. The van der Waals surface area contributed by atoms with E-state index < -0.39 is 11.5 Å². The highest BCUT2D eigenvalue weighted by Gasteiger charge is 2.35. The first-order valence-corrected chi connectivity index (χ1v) is 12.0. The summed E-state index contributed by atoms with van der Waals surface area (Å²) >= 11 is 0. The van der Waals surface area contributed by atoms with E-state index in [0.29, 0.717) is 42.8 Å². The first kappa shape index (κ1) is 22.8. The molecular formula is C29H29N3O3. The third-order valence-electron chi connectivity index (χ3n) is 6.78. The van der Waals surface area contributed by atoms with Crippen molar-refractivity contribution in [1.82, 2.24) is 14.9 Å². The number of benzene rings is 2. The van der Waals surface area contributed by atoms with E-state index in [1.54, 1.807) is 4.57 Å². The van der Waals surface area contributed by atoms with Crippen LogP contribution < -0.4 is 10.9 Å². The second-order valence-electron chi connectivity index (χ2n) is 10.2. The molecule has 2 N–H and O–H groups in total. The molecule has 178 valence electrons. The fourth-order valence-electron chi connectivity index (χ4n) is 4.99. The molecule has 0 fully saturated rings. The van der Waals surface area contributed by atoms with Crippen molar-refractivity contribution in [3.63, 3.8) is 0 Å². The van der Waals surface area contributed by atoms with Crippen molar-refractivity contribution in [2.75, 3.05) is 6.54 Å².